The van der Waals surface area contributed by atoms with E-state index in [1.807, 2.05) is 0 Å². The Morgan fingerprint density at radius 2 is 0.905 bits per heavy atom. The molecule has 14 heteroatoms. The Kier molecular flexibility index (Phi) is 8.44. The summed E-state index contributed by atoms with van der Waals surface area (Å²) >= 11 is 0. The molecule has 0 bridgehead atoms. The van der Waals surface area contributed by atoms with E-state index in [9.17, 15) is 35.5 Å². The topological polar surface area (TPSA) is 219 Å². The molecule has 0 heterocycles. The molecule has 216 valence electrons. The van der Waals surface area contributed by atoms with Crippen molar-refractivity contribution in [2.24, 2.45) is 0 Å². The van der Waals surface area contributed by atoms with Crippen LogP contribution >= 0.6 is 0 Å². The van der Waals surface area contributed by atoms with Gasteiger partial charge in [-0.1, -0.05) is 24.3 Å². The Balaban J connectivity index is 1.63. The Morgan fingerprint density at radius 1 is 0.571 bits per heavy atom. The van der Waals surface area contributed by atoms with Gasteiger partial charge >= 0.3 is 0 Å². The van der Waals surface area contributed by atoms with Crippen molar-refractivity contribution in [1.82, 2.24) is 0 Å². The zero-order valence-corrected chi connectivity index (χ0v) is 23.2. The van der Waals surface area contributed by atoms with E-state index in [0.29, 0.717) is 11.4 Å². The molecule has 12 nitrogen and oxygen atoms in total. The van der Waals surface area contributed by atoms with Crippen molar-refractivity contribution < 1.29 is 35.5 Å². The summed E-state index contributed by atoms with van der Waals surface area (Å²) in [7, 11) is -9.59. The van der Waals surface area contributed by atoms with Gasteiger partial charge < -0.3 is 22.1 Å². The molecule has 0 fully saturated rings. The van der Waals surface area contributed by atoms with E-state index in [0.717, 1.165) is 12.1 Å². The summed E-state index contributed by atoms with van der Waals surface area (Å²) < 4.78 is 68.2. The van der Waals surface area contributed by atoms with Crippen LogP contribution in [0.25, 0.3) is 12.2 Å². The van der Waals surface area contributed by atoms with Gasteiger partial charge in [0, 0.05) is 33.9 Å². The number of amides is 2. The summed E-state index contributed by atoms with van der Waals surface area (Å²) in [5.41, 5.74) is 12.7. The molecule has 42 heavy (non-hydrogen) atoms. The molecular formula is C28H24N4O8S2. The number of anilines is 4. The van der Waals surface area contributed by atoms with Gasteiger partial charge in [0.2, 0.25) is 0 Å². The summed E-state index contributed by atoms with van der Waals surface area (Å²) in [5, 5.41) is 5.05. The number of hydrogen-bond acceptors (Lipinski definition) is 8. The van der Waals surface area contributed by atoms with Crippen molar-refractivity contribution in [1.29, 1.82) is 0 Å². The summed E-state index contributed by atoms with van der Waals surface area (Å²) in [4.78, 5) is 23.9. The standard InChI is InChI=1S/C28H24N4O8S2/c29-21-9-3-19(4-10-21)27(33)31-23-13-7-17(25(15-23)41(35,36)37)1-2-18-8-14-24(16-26(18)42(38,39)40)32-28(34)20-5-11-22(30)12-6-20/h1-16H,29-30H2,(H,31,33)(H,32,34)(H,35,36,37)(H,38,39,40). The van der Waals surface area contributed by atoms with Crippen molar-refractivity contribution in [3.8, 4) is 0 Å². The van der Waals surface area contributed by atoms with Crippen LogP contribution in [0.15, 0.2) is 94.7 Å². The van der Waals surface area contributed by atoms with Gasteiger partial charge in [-0.05, 0) is 83.9 Å². The Hall–Kier alpha value is -5.02. The fourth-order valence-corrected chi connectivity index (χ4v) is 5.22. The lowest BCUT2D eigenvalue weighted by molar-refractivity contribution is 0.101. The van der Waals surface area contributed by atoms with E-state index in [2.05, 4.69) is 10.6 Å². The first-order valence-corrected chi connectivity index (χ1v) is 14.8. The molecular weight excluding hydrogens is 584 g/mol. The third-order valence-corrected chi connectivity index (χ3v) is 7.71. The second-order valence-electron chi connectivity index (χ2n) is 8.94. The van der Waals surface area contributed by atoms with Crippen LogP contribution in [-0.4, -0.2) is 37.8 Å². The van der Waals surface area contributed by atoms with Crippen LogP contribution < -0.4 is 22.1 Å². The molecule has 0 aliphatic rings. The Bertz CT molecular complexity index is 1780. The number of nitrogens with one attached hydrogen (secondary N) is 2. The number of nitrogens with two attached hydrogens (primary N) is 2. The normalized spacial score (nSPS) is 11.8. The third-order valence-electron chi connectivity index (χ3n) is 5.89. The minimum absolute atomic E-state index is 0.0509. The van der Waals surface area contributed by atoms with Crippen LogP contribution in [0.5, 0.6) is 0 Å². The molecule has 0 radical (unpaired) electrons. The highest BCUT2D eigenvalue weighted by Crippen LogP contribution is 2.27. The Morgan fingerprint density at radius 3 is 1.21 bits per heavy atom. The lowest BCUT2D eigenvalue weighted by Crippen LogP contribution is -2.13. The van der Waals surface area contributed by atoms with E-state index in [1.54, 1.807) is 0 Å². The minimum atomic E-state index is -4.80. The predicted octanol–water partition coefficient (Wildman–Crippen LogP) is 4.02. The maximum atomic E-state index is 12.5. The highest BCUT2D eigenvalue weighted by molar-refractivity contribution is 7.86. The summed E-state index contributed by atoms with van der Waals surface area (Å²) in [6.45, 7) is 0. The van der Waals surface area contributed by atoms with Crippen molar-refractivity contribution in [2.45, 2.75) is 9.79 Å². The molecule has 0 atom stereocenters. The van der Waals surface area contributed by atoms with E-state index >= 15 is 0 Å². The lowest BCUT2D eigenvalue weighted by atomic mass is 10.1. The summed E-state index contributed by atoms with van der Waals surface area (Å²) in [5.74, 6) is -1.11. The van der Waals surface area contributed by atoms with Crippen LogP contribution in [0.2, 0.25) is 0 Å². The highest BCUT2D eigenvalue weighted by Gasteiger charge is 2.19. The van der Waals surface area contributed by atoms with Crippen molar-refractivity contribution in [2.75, 3.05) is 22.1 Å². The second-order valence-corrected chi connectivity index (χ2v) is 11.7. The van der Waals surface area contributed by atoms with E-state index in [1.165, 1.54) is 84.9 Å². The molecule has 0 saturated carbocycles. The lowest BCUT2D eigenvalue weighted by Gasteiger charge is -2.11. The first-order valence-electron chi connectivity index (χ1n) is 12.0. The SMILES string of the molecule is Nc1ccc(C(=O)Nc2ccc(C=Cc3ccc(NC(=O)c4ccc(N)cc4)cc3S(=O)(=O)O)c(S(=O)(=O)O)c2)cc1. The van der Waals surface area contributed by atoms with Gasteiger partial charge in [0.15, 0.2) is 0 Å². The first kappa shape index (κ1) is 30.0. The largest absolute Gasteiger partial charge is 0.399 e. The van der Waals surface area contributed by atoms with Gasteiger partial charge in [-0.15, -0.1) is 0 Å². The summed E-state index contributed by atoms with van der Waals surface area (Å²) in [6.07, 6.45) is 2.40. The number of hydrogen-bond donors (Lipinski definition) is 6. The van der Waals surface area contributed by atoms with Crippen molar-refractivity contribution in [3.05, 3.63) is 107 Å². The Labute approximate surface area is 241 Å². The molecule has 0 aromatic heterocycles. The van der Waals surface area contributed by atoms with E-state index < -0.39 is 41.8 Å². The highest BCUT2D eigenvalue weighted by atomic mass is 32.2. The number of benzene rings is 4. The molecule has 0 unspecified atom stereocenters. The van der Waals surface area contributed by atoms with Gasteiger partial charge in [0.05, 0.1) is 0 Å². The molecule has 4 aromatic carbocycles. The molecule has 0 saturated heterocycles. The molecule has 0 spiro atoms. The average molecular weight is 609 g/mol. The first-order chi connectivity index (χ1) is 19.7. The van der Waals surface area contributed by atoms with Crippen LogP contribution in [-0.2, 0) is 20.2 Å². The maximum absolute atomic E-state index is 12.5. The van der Waals surface area contributed by atoms with Crippen molar-refractivity contribution >= 4 is 67.0 Å². The average Bonchev–Trinajstić information content (AvgIpc) is 2.92. The monoisotopic (exact) mass is 608 g/mol. The summed E-state index contributed by atoms with van der Waals surface area (Å²) in [6, 6.07) is 19.4. The predicted molar refractivity (Wildman–Crippen MR) is 159 cm³/mol. The van der Waals surface area contributed by atoms with E-state index in [-0.39, 0.29) is 33.6 Å². The van der Waals surface area contributed by atoms with Crippen LogP contribution in [0, 0.1) is 0 Å². The molecule has 8 N–H and O–H groups in total. The van der Waals surface area contributed by atoms with Crippen LogP contribution in [0.4, 0.5) is 22.7 Å². The fourth-order valence-electron chi connectivity index (χ4n) is 3.80. The number of nitrogen functional groups attached to an aromatic ring is 2. The maximum Gasteiger partial charge on any atom is 0.295 e. The zero-order chi connectivity index (χ0) is 30.7. The minimum Gasteiger partial charge on any atom is -0.399 e. The molecule has 4 aromatic rings. The van der Waals surface area contributed by atoms with Crippen LogP contribution in [0.1, 0.15) is 31.8 Å². The number of rotatable bonds is 8. The zero-order valence-electron chi connectivity index (χ0n) is 21.6. The van der Waals surface area contributed by atoms with Gasteiger partial charge in [-0.3, -0.25) is 18.7 Å². The van der Waals surface area contributed by atoms with Crippen LogP contribution in [0.3, 0.4) is 0 Å². The second kappa shape index (κ2) is 11.8. The quantitative estimate of drug-likeness (QED) is 0.0958. The van der Waals surface area contributed by atoms with Gasteiger partial charge in [0.1, 0.15) is 9.79 Å². The van der Waals surface area contributed by atoms with E-state index in [4.69, 9.17) is 11.5 Å². The fraction of sp³-hybridized carbons (Fsp3) is 0. The van der Waals surface area contributed by atoms with Crippen molar-refractivity contribution in [3.63, 3.8) is 0 Å². The van der Waals surface area contributed by atoms with Gasteiger partial charge in [-0.2, -0.15) is 16.8 Å². The smallest absolute Gasteiger partial charge is 0.295 e. The number of carbonyl (C=O) groups excluding carboxylic acids is 2. The molecule has 4 rings (SSSR count). The van der Waals surface area contributed by atoms with Gasteiger partial charge in [0.25, 0.3) is 32.1 Å². The number of carbonyl (C=O) groups is 2. The molecule has 2 amide bonds. The molecule has 0 aliphatic heterocycles. The third kappa shape index (κ3) is 7.38. The molecule has 0 aliphatic carbocycles. The van der Waals surface area contributed by atoms with Gasteiger partial charge in [-0.25, -0.2) is 0 Å².